The van der Waals surface area contributed by atoms with Gasteiger partial charge in [0.1, 0.15) is 0 Å². The Labute approximate surface area is 214 Å². The van der Waals surface area contributed by atoms with Gasteiger partial charge in [-0.1, -0.05) is 79.5 Å². The first kappa shape index (κ1) is 24.5. The predicted octanol–water partition coefficient (Wildman–Crippen LogP) is 8.59. The van der Waals surface area contributed by atoms with Crippen LogP contribution in [0.2, 0.25) is 5.02 Å². The summed E-state index contributed by atoms with van der Waals surface area (Å²) in [5.74, 6) is 0.895. The number of thioether (sulfide) groups is 1. The number of nitrogens with zero attached hydrogens (tertiary/aromatic N) is 1. The van der Waals surface area contributed by atoms with Crippen LogP contribution < -0.4 is 5.32 Å². The highest BCUT2D eigenvalue weighted by Gasteiger charge is 2.15. The Morgan fingerprint density at radius 3 is 2.32 bits per heavy atom. The lowest BCUT2D eigenvalue weighted by Crippen LogP contribution is -2.11. The maximum Gasteiger partial charge on any atom is 0.226 e. The number of thiazole rings is 1. The first-order valence-electron chi connectivity index (χ1n) is 11.5. The molecule has 0 fully saturated rings. The fourth-order valence-electron chi connectivity index (χ4n) is 3.61. The highest BCUT2D eigenvalue weighted by atomic mass is 35.5. The van der Waals surface area contributed by atoms with Crippen LogP contribution in [-0.4, -0.2) is 16.6 Å². The average Bonchev–Trinajstić information content (AvgIpc) is 3.26. The van der Waals surface area contributed by atoms with Gasteiger partial charge < -0.3 is 5.32 Å². The summed E-state index contributed by atoms with van der Waals surface area (Å²) in [7, 11) is 0. The molecule has 0 saturated heterocycles. The van der Waals surface area contributed by atoms with Crippen molar-refractivity contribution in [1.82, 2.24) is 4.98 Å². The van der Waals surface area contributed by atoms with Crippen molar-refractivity contribution >= 4 is 45.7 Å². The van der Waals surface area contributed by atoms with E-state index in [2.05, 4.69) is 48.6 Å². The van der Waals surface area contributed by atoms with Crippen molar-refractivity contribution in [2.75, 3.05) is 11.1 Å². The van der Waals surface area contributed by atoms with E-state index in [9.17, 15) is 4.79 Å². The number of carbonyl (C=O) groups excluding carboxylic acids is 1. The molecule has 4 rings (SSSR count). The van der Waals surface area contributed by atoms with Gasteiger partial charge in [0.05, 0.1) is 5.69 Å². The lowest BCUT2D eigenvalue weighted by Gasteiger charge is -2.05. The fraction of sp³-hybridized carbons (Fsp3) is 0.214. The monoisotopic (exact) mass is 506 g/mol. The molecule has 3 aromatic carbocycles. The minimum absolute atomic E-state index is 0.0134. The summed E-state index contributed by atoms with van der Waals surface area (Å²) in [6.45, 7) is 2.17. The number of aryl methyl sites for hydroxylation is 1. The van der Waals surface area contributed by atoms with E-state index in [1.807, 2.05) is 42.5 Å². The highest BCUT2D eigenvalue weighted by Crippen LogP contribution is 2.33. The third-order valence-electron chi connectivity index (χ3n) is 5.32. The molecule has 1 aromatic heterocycles. The topological polar surface area (TPSA) is 42.0 Å². The Bertz CT molecular complexity index is 1210. The minimum Gasteiger partial charge on any atom is -0.302 e. The zero-order valence-electron chi connectivity index (χ0n) is 19.1. The van der Waals surface area contributed by atoms with E-state index in [0.29, 0.717) is 11.6 Å². The summed E-state index contributed by atoms with van der Waals surface area (Å²) in [6, 6.07) is 26.7. The molecule has 1 amide bonds. The molecule has 0 atom stereocenters. The van der Waals surface area contributed by atoms with Gasteiger partial charge in [-0.25, -0.2) is 4.98 Å². The van der Waals surface area contributed by atoms with Gasteiger partial charge in [-0.15, -0.1) is 23.1 Å². The van der Waals surface area contributed by atoms with Gasteiger partial charge in [0.25, 0.3) is 0 Å². The molecule has 0 aliphatic rings. The zero-order valence-corrected chi connectivity index (χ0v) is 21.5. The van der Waals surface area contributed by atoms with Crippen molar-refractivity contribution in [2.45, 2.75) is 37.5 Å². The molecule has 174 valence electrons. The van der Waals surface area contributed by atoms with Crippen molar-refractivity contribution in [1.29, 1.82) is 0 Å². The number of halogens is 1. The molecular formula is C28H27ClN2OS2. The maximum absolute atomic E-state index is 12.5. The number of hydrogen-bond acceptors (Lipinski definition) is 4. The van der Waals surface area contributed by atoms with Gasteiger partial charge in [-0.3, -0.25) is 4.79 Å². The SMILES string of the molecule is CCCc1sc(NC(=O)CCCSc2ccc(Cl)cc2)nc1-c1ccc(-c2ccccc2)cc1. The molecule has 4 aromatic rings. The van der Waals surface area contributed by atoms with E-state index >= 15 is 0 Å². The van der Waals surface area contributed by atoms with E-state index < -0.39 is 0 Å². The summed E-state index contributed by atoms with van der Waals surface area (Å²) in [5, 5.41) is 4.43. The number of anilines is 1. The highest BCUT2D eigenvalue weighted by molar-refractivity contribution is 7.99. The van der Waals surface area contributed by atoms with Crippen LogP contribution in [0.5, 0.6) is 0 Å². The summed E-state index contributed by atoms with van der Waals surface area (Å²) >= 11 is 9.25. The summed E-state index contributed by atoms with van der Waals surface area (Å²) in [6.07, 6.45) is 3.26. The van der Waals surface area contributed by atoms with Crippen LogP contribution in [0.3, 0.4) is 0 Å². The molecule has 0 aliphatic heterocycles. The van der Waals surface area contributed by atoms with Gasteiger partial charge in [-0.05, 0) is 54.0 Å². The van der Waals surface area contributed by atoms with Crippen molar-refractivity contribution in [3.8, 4) is 22.4 Å². The van der Waals surface area contributed by atoms with Crippen molar-refractivity contribution in [3.63, 3.8) is 0 Å². The van der Waals surface area contributed by atoms with Crippen LogP contribution in [0, 0.1) is 0 Å². The lowest BCUT2D eigenvalue weighted by atomic mass is 10.0. The van der Waals surface area contributed by atoms with Gasteiger partial charge >= 0.3 is 0 Å². The second kappa shape index (κ2) is 12.2. The van der Waals surface area contributed by atoms with Crippen LogP contribution in [0.15, 0.2) is 83.8 Å². The lowest BCUT2D eigenvalue weighted by molar-refractivity contribution is -0.116. The number of amides is 1. The van der Waals surface area contributed by atoms with Crippen LogP contribution in [-0.2, 0) is 11.2 Å². The van der Waals surface area contributed by atoms with E-state index in [0.717, 1.165) is 46.2 Å². The Morgan fingerprint density at radius 2 is 1.62 bits per heavy atom. The molecule has 0 spiro atoms. The minimum atomic E-state index is 0.0134. The molecule has 0 unspecified atom stereocenters. The molecular weight excluding hydrogens is 480 g/mol. The molecule has 0 saturated carbocycles. The summed E-state index contributed by atoms with van der Waals surface area (Å²) < 4.78 is 0. The number of benzene rings is 3. The molecule has 0 bridgehead atoms. The summed E-state index contributed by atoms with van der Waals surface area (Å²) in [5.41, 5.74) is 4.43. The molecule has 1 heterocycles. The van der Waals surface area contributed by atoms with Crippen LogP contribution in [0.1, 0.15) is 31.1 Å². The van der Waals surface area contributed by atoms with Gasteiger partial charge in [-0.2, -0.15) is 0 Å². The second-order valence-corrected chi connectivity index (χ2v) is 10.6. The van der Waals surface area contributed by atoms with E-state index in [-0.39, 0.29) is 5.91 Å². The number of aromatic nitrogens is 1. The third-order valence-corrected chi connectivity index (χ3v) is 7.70. The van der Waals surface area contributed by atoms with Crippen molar-refractivity contribution in [2.24, 2.45) is 0 Å². The third kappa shape index (κ3) is 6.72. The number of carbonyl (C=O) groups is 1. The molecule has 6 heteroatoms. The van der Waals surface area contributed by atoms with Crippen molar-refractivity contribution in [3.05, 3.63) is 88.8 Å². The van der Waals surface area contributed by atoms with Gasteiger partial charge in [0.15, 0.2) is 5.13 Å². The van der Waals surface area contributed by atoms with Crippen molar-refractivity contribution < 1.29 is 4.79 Å². The Kier molecular flexibility index (Phi) is 8.80. The van der Waals surface area contributed by atoms with E-state index in [4.69, 9.17) is 16.6 Å². The van der Waals surface area contributed by atoms with Crippen LogP contribution in [0.4, 0.5) is 5.13 Å². The molecule has 3 nitrogen and oxygen atoms in total. The number of hydrogen-bond donors (Lipinski definition) is 1. The predicted molar refractivity (Wildman–Crippen MR) is 147 cm³/mol. The van der Waals surface area contributed by atoms with Crippen LogP contribution in [0.25, 0.3) is 22.4 Å². The standard InChI is InChI=1S/C28H27ClN2OS2/c1-2-7-25-27(22-13-11-21(12-14-22)20-8-4-3-5-9-20)31-28(34-25)30-26(32)10-6-19-33-24-17-15-23(29)16-18-24/h3-5,8-9,11-18H,2,6-7,10,19H2,1H3,(H,30,31,32). The molecule has 34 heavy (non-hydrogen) atoms. The number of nitrogens with one attached hydrogen (secondary N) is 1. The van der Waals surface area contributed by atoms with Gasteiger partial charge in [0, 0.05) is 26.8 Å². The molecule has 0 radical (unpaired) electrons. The Hall–Kier alpha value is -2.60. The van der Waals surface area contributed by atoms with E-state index in [1.54, 1.807) is 23.1 Å². The van der Waals surface area contributed by atoms with Crippen LogP contribution >= 0.6 is 34.7 Å². The maximum atomic E-state index is 12.5. The fourth-order valence-corrected chi connectivity index (χ4v) is 5.69. The van der Waals surface area contributed by atoms with E-state index in [1.165, 1.54) is 16.0 Å². The normalized spacial score (nSPS) is 10.9. The molecule has 1 N–H and O–H groups in total. The smallest absolute Gasteiger partial charge is 0.226 e. The average molecular weight is 507 g/mol. The number of rotatable bonds is 10. The second-order valence-electron chi connectivity index (χ2n) is 7.94. The first-order chi connectivity index (χ1) is 16.6. The molecule has 0 aliphatic carbocycles. The summed E-state index contributed by atoms with van der Waals surface area (Å²) in [4.78, 5) is 19.7. The Morgan fingerprint density at radius 1 is 0.941 bits per heavy atom. The zero-order chi connectivity index (χ0) is 23.8. The largest absolute Gasteiger partial charge is 0.302 e. The Balaban J connectivity index is 1.36. The first-order valence-corrected chi connectivity index (χ1v) is 13.6. The van der Waals surface area contributed by atoms with Gasteiger partial charge in [0.2, 0.25) is 5.91 Å². The quantitative estimate of drug-likeness (QED) is 0.173.